The lowest BCUT2D eigenvalue weighted by Crippen LogP contribution is -2.48. The molecular formula is C14H27NO8S2. The van der Waals surface area contributed by atoms with Gasteiger partial charge in [-0.3, -0.25) is 8.37 Å². The van der Waals surface area contributed by atoms with Crippen molar-refractivity contribution in [3.63, 3.8) is 0 Å². The second-order valence-corrected chi connectivity index (χ2v) is 10.7. The molecule has 0 aromatic carbocycles. The summed E-state index contributed by atoms with van der Waals surface area (Å²) in [5.41, 5.74) is -1.44. The molecule has 148 valence electrons. The van der Waals surface area contributed by atoms with Crippen molar-refractivity contribution in [2.75, 3.05) is 38.8 Å². The topological polar surface area (TPSA) is 116 Å². The minimum absolute atomic E-state index is 0.205. The van der Waals surface area contributed by atoms with E-state index in [1.54, 1.807) is 20.8 Å². The van der Waals surface area contributed by atoms with Crippen LogP contribution in [0.4, 0.5) is 4.79 Å². The fourth-order valence-corrected chi connectivity index (χ4v) is 3.21. The van der Waals surface area contributed by atoms with E-state index in [1.165, 1.54) is 4.90 Å². The van der Waals surface area contributed by atoms with Crippen molar-refractivity contribution in [3.05, 3.63) is 0 Å². The first-order valence-electron chi connectivity index (χ1n) is 7.78. The van der Waals surface area contributed by atoms with Gasteiger partial charge in [-0.2, -0.15) is 16.8 Å². The summed E-state index contributed by atoms with van der Waals surface area (Å²) in [5.74, 6) is 0. The molecule has 0 unspecified atom stereocenters. The van der Waals surface area contributed by atoms with Crippen LogP contribution in [-0.4, -0.2) is 72.2 Å². The number of nitrogens with zero attached hydrogens (tertiary/aromatic N) is 1. The summed E-state index contributed by atoms with van der Waals surface area (Å²) in [6.45, 7) is 5.45. The molecule has 0 spiro atoms. The molecule has 0 aromatic heterocycles. The number of rotatable bonds is 6. The first kappa shape index (κ1) is 22.1. The maximum absolute atomic E-state index is 12.1. The van der Waals surface area contributed by atoms with Crippen LogP contribution in [0.15, 0.2) is 0 Å². The molecule has 0 aliphatic carbocycles. The Bertz CT molecular complexity index is 632. The first-order chi connectivity index (χ1) is 11.1. The lowest BCUT2D eigenvalue weighted by molar-refractivity contribution is -0.00883. The van der Waals surface area contributed by atoms with E-state index in [9.17, 15) is 21.6 Å². The van der Waals surface area contributed by atoms with Crippen molar-refractivity contribution < 1.29 is 34.7 Å². The molecular weight excluding hydrogens is 374 g/mol. The summed E-state index contributed by atoms with van der Waals surface area (Å²) >= 11 is 0. The zero-order valence-corrected chi connectivity index (χ0v) is 16.9. The molecule has 0 saturated carbocycles. The van der Waals surface area contributed by atoms with Crippen LogP contribution in [0.2, 0.25) is 0 Å². The summed E-state index contributed by atoms with van der Waals surface area (Å²) < 4.78 is 60.2. The van der Waals surface area contributed by atoms with Gasteiger partial charge in [-0.1, -0.05) is 0 Å². The van der Waals surface area contributed by atoms with E-state index >= 15 is 0 Å². The molecule has 0 N–H and O–H groups in total. The van der Waals surface area contributed by atoms with Gasteiger partial charge in [0.1, 0.15) is 5.60 Å². The summed E-state index contributed by atoms with van der Waals surface area (Å²) in [5, 5.41) is 0. The zero-order valence-electron chi connectivity index (χ0n) is 15.3. The van der Waals surface area contributed by atoms with Crippen molar-refractivity contribution >= 4 is 26.3 Å². The molecule has 0 aromatic rings. The smallest absolute Gasteiger partial charge is 0.410 e. The highest BCUT2D eigenvalue weighted by Crippen LogP contribution is 2.34. The van der Waals surface area contributed by atoms with Gasteiger partial charge in [0.15, 0.2) is 0 Å². The lowest BCUT2D eigenvalue weighted by Gasteiger charge is -2.40. The van der Waals surface area contributed by atoms with Crippen molar-refractivity contribution in [1.29, 1.82) is 0 Å². The number of ether oxygens (including phenoxy) is 1. The molecule has 1 saturated heterocycles. The second-order valence-electron chi connectivity index (χ2n) is 7.40. The number of hydrogen-bond donors (Lipinski definition) is 0. The van der Waals surface area contributed by atoms with Crippen molar-refractivity contribution in [2.45, 2.75) is 39.2 Å². The summed E-state index contributed by atoms with van der Waals surface area (Å²) in [4.78, 5) is 13.6. The SMILES string of the molecule is CC(C)(C)OC(=O)N1CCC(COS(C)(=O)=O)(COS(C)(=O)=O)CC1. The number of amides is 1. The van der Waals surface area contributed by atoms with Gasteiger partial charge >= 0.3 is 6.09 Å². The highest BCUT2D eigenvalue weighted by atomic mass is 32.2. The largest absolute Gasteiger partial charge is 0.444 e. The number of hydrogen-bond acceptors (Lipinski definition) is 8. The third-order valence-corrected chi connectivity index (χ3v) is 4.73. The normalized spacial score (nSPS) is 18.8. The van der Waals surface area contributed by atoms with Gasteiger partial charge in [0.05, 0.1) is 25.7 Å². The average Bonchev–Trinajstić information content (AvgIpc) is 2.40. The molecule has 1 aliphatic heterocycles. The Balaban J connectivity index is 2.78. The van der Waals surface area contributed by atoms with Crippen molar-refractivity contribution in [1.82, 2.24) is 4.90 Å². The number of piperidine rings is 1. The van der Waals surface area contributed by atoms with Crippen LogP contribution >= 0.6 is 0 Å². The van der Waals surface area contributed by atoms with Gasteiger partial charge in [0.25, 0.3) is 20.2 Å². The summed E-state index contributed by atoms with van der Waals surface area (Å²) in [6, 6.07) is 0. The van der Waals surface area contributed by atoms with Crippen LogP contribution in [0, 0.1) is 5.41 Å². The molecule has 25 heavy (non-hydrogen) atoms. The van der Waals surface area contributed by atoms with Gasteiger partial charge in [0.2, 0.25) is 0 Å². The fraction of sp³-hybridized carbons (Fsp3) is 0.929. The monoisotopic (exact) mass is 401 g/mol. The molecule has 9 nitrogen and oxygen atoms in total. The minimum atomic E-state index is -3.68. The zero-order chi connectivity index (χ0) is 19.5. The van der Waals surface area contributed by atoms with Crippen LogP contribution < -0.4 is 0 Å². The Labute approximate surface area is 149 Å². The Morgan fingerprint density at radius 3 is 1.68 bits per heavy atom. The van der Waals surface area contributed by atoms with Crippen LogP contribution in [0.25, 0.3) is 0 Å². The van der Waals surface area contributed by atoms with E-state index in [0.29, 0.717) is 12.8 Å². The number of carbonyl (C=O) groups excluding carboxylic acids is 1. The van der Waals surface area contributed by atoms with Gasteiger partial charge < -0.3 is 9.64 Å². The molecule has 1 aliphatic rings. The van der Waals surface area contributed by atoms with Gasteiger partial charge in [-0.25, -0.2) is 4.79 Å². The number of carbonyl (C=O) groups is 1. The van der Waals surface area contributed by atoms with E-state index in [0.717, 1.165) is 12.5 Å². The van der Waals surface area contributed by atoms with Crippen LogP contribution in [-0.2, 0) is 33.3 Å². The van der Waals surface area contributed by atoms with E-state index in [1.807, 2.05) is 0 Å². The minimum Gasteiger partial charge on any atom is -0.444 e. The van der Waals surface area contributed by atoms with Crippen molar-refractivity contribution in [2.24, 2.45) is 5.41 Å². The molecule has 1 amide bonds. The summed E-state index contributed by atoms with van der Waals surface area (Å²) in [7, 11) is -7.36. The van der Waals surface area contributed by atoms with E-state index in [2.05, 4.69) is 0 Å². The maximum Gasteiger partial charge on any atom is 0.410 e. The average molecular weight is 402 g/mol. The van der Waals surface area contributed by atoms with Gasteiger partial charge in [-0.05, 0) is 33.6 Å². The van der Waals surface area contributed by atoms with Crippen LogP contribution in [0.3, 0.4) is 0 Å². The Kier molecular flexibility index (Phi) is 6.87. The molecule has 1 fully saturated rings. The Morgan fingerprint density at radius 1 is 0.960 bits per heavy atom. The van der Waals surface area contributed by atoms with Gasteiger partial charge in [-0.15, -0.1) is 0 Å². The van der Waals surface area contributed by atoms with E-state index in [4.69, 9.17) is 13.1 Å². The molecule has 0 radical (unpaired) electrons. The highest BCUT2D eigenvalue weighted by Gasteiger charge is 2.39. The molecule has 1 rings (SSSR count). The quantitative estimate of drug-likeness (QED) is 0.604. The third kappa shape index (κ3) is 8.84. The van der Waals surface area contributed by atoms with Crippen LogP contribution in [0.1, 0.15) is 33.6 Å². The molecule has 11 heteroatoms. The fourth-order valence-electron chi connectivity index (χ4n) is 2.28. The molecule has 1 heterocycles. The number of likely N-dealkylation sites (tertiary alicyclic amines) is 1. The Morgan fingerprint density at radius 2 is 1.36 bits per heavy atom. The predicted octanol–water partition coefficient (Wildman–Crippen LogP) is 0.956. The highest BCUT2D eigenvalue weighted by molar-refractivity contribution is 7.86. The lowest BCUT2D eigenvalue weighted by atomic mass is 9.80. The Hall–Kier alpha value is -0.910. The van der Waals surface area contributed by atoms with Crippen molar-refractivity contribution in [3.8, 4) is 0 Å². The van der Waals surface area contributed by atoms with E-state index < -0.39 is 37.3 Å². The van der Waals surface area contributed by atoms with Gasteiger partial charge in [0, 0.05) is 18.5 Å². The third-order valence-electron chi connectivity index (χ3n) is 3.63. The molecule has 0 atom stereocenters. The van der Waals surface area contributed by atoms with E-state index in [-0.39, 0.29) is 26.3 Å². The summed E-state index contributed by atoms with van der Waals surface area (Å²) in [6.07, 6.45) is 2.05. The standard InChI is InChI=1S/C14H27NO8S2/c1-13(2,3)23-12(16)15-8-6-14(7-9-15,10-21-24(4,17)18)11-22-25(5,19)20/h6-11H2,1-5H3. The predicted molar refractivity (Wildman–Crippen MR) is 91.1 cm³/mol. The van der Waals surface area contributed by atoms with Crippen LogP contribution in [0.5, 0.6) is 0 Å². The maximum atomic E-state index is 12.1. The second kappa shape index (κ2) is 7.77. The molecule has 0 bridgehead atoms. The first-order valence-corrected chi connectivity index (χ1v) is 11.4.